The maximum Gasteiger partial charge on any atom is 0.0933 e. The molecule has 2 nitrogen and oxygen atoms in total. The highest BCUT2D eigenvalue weighted by Crippen LogP contribution is 2.30. The summed E-state index contributed by atoms with van der Waals surface area (Å²) < 4.78 is 0. The molecule has 2 rings (SSSR count). The molecule has 2 unspecified atom stereocenters. The molecule has 0 heterocycles. The normalized spacial score (nSPS) is 19.9. The van der Waals surface area contributed by atoms with Crippen molar-refractivity contribution in [1.82, 2.24) is 0 Å². The third kappa shape index (κ3) is 2.27. The van der Waals surface area contributed by atoms with Crippen molar-refractivity contribution in [3.63, 3.8) is 0 Å². The Hall–Kier alpha value is -1.30. The highest BCUT2D eigenvalue weighted by Gasteiger charge is 2.17. The molecule has 2 N–H and O–H groups in total. The van der Waals surface area contributed by atoms with E-state index in [2.05, 4.69) is 18.2 Å². The first-order valence-corrected chi connectivity index (χ1v) is 5.69. The zero-order chi connectivity index (χ0) is 11.5. The first-order valence-electron chi connectivity index (χ1n) is 5.31. The summed E-state index contributed by atoms with van der Waals surface area (Å²) in [7, 11) is 0. The summed E-state index contributed by atoms with van der Waals surface area (Å²) in [4.78, 5) is 0. The van der Waals surface area contributed by atoms with Gasteiger partial charge in [0.25, 0.3) is 0 Å². The molecule has 0 spiro atoms. The molecule has 0 fully saturated rings. The fraction of sp³-hybridized carbons (Fsp3) is 0.308. The molecular formula is C13H13ClN2. The van der Waals surface area contributed by atoms with Crippen molar-refractivity contribution in [2.75, 3.05) is 0 Å². The molecule has 0 saturated heterocycles. The molecule has 1 aromatic rings. The summed E-state index contributed by atoms with van der Waals surface area (Å²) in [6.45, 7) is 0. The van der Waals surface area contributed by atoms with Crippen molar-refractivity contribution in [3.8, 4) is 6.07 Å². The van der Waals surface area contributed by atoms with Crippen LogP contribution in [0.4, 0.5) is 0 Å². The van der Waals surface area contributed by atoms with E-state index in [1.165, 1.54) is 5.56 Å². The number of nitrogens with zero attached hydrogens (tertiary/aromatic N) is 1. The molecule has 16 heavy (non-hydrogen) atoms. The van der Waals surface area contributed by atoms with Crippen LogP contribution in [0.1, 0.15) is 17.5 Å². The Morgan fingerprint density at radius 2 is 2.38 bits per heavy atom. The number of benzene rings is 1. The second kappa shape index (κ2) is 4.69. The van der Waals surface area contributed by atoms with Gasteiger partial charge in [-0.1, -0.05) is 35.9 Å². The van der Waals surface area contributed by atoms with E-state index in [-0.39, 0.29) is 6.04 Å². The van der Waals surface area contributed by atoms with Crippen molar-refractivity contribution in [2.45, 2.75) is 18.9 Å². The highest BCUT2D eigenvalue weighted by molar-refractivity contribution is 6.32. The highest BCUT2D eigenvalue weighted by atomic mass is 35.5. The average Bonchev–Trinajstić information content (AvgIpc) is 2.29. The van der Waals surface area contributed by atoms with E-state index in [4.69, 9.17) is 22.6 Å². The molecule has 2 atom stereocenters. The number of halogens is 1. The van der Waals surface area contributed by atoms with Gasteiger partial charge in [0.15, 0.2) is 0 Å². The van der Waals surface area contributed by atoms with Gasteiger partial charge < -0.3 is 5.73 Å². The molecule has 1 aliphatic carbocycles. The van der Waals surface area contributed by atoms with Crippen LogP contribution in [0.25, 0.3) is 6.08 Å². The van der Waals surface area contributed by atoms with Crippen LogP contribution in [-0.4, -0.2) is 6.04 Å². The fourth-order valence-electron chi connectivity index (χ4n) is 2.07. The van der Waals surface area contributed by atoms with Gasteiger partial charge in [-0.05, 0) is 36.0 Å². The largest absolute Gasteiger partial charge is 0.316 e. The van der Waals surface area contributed by atoms with Crippen molar-refractivity contribution in [2.24, 2.45) is 11.7 Å². The first kappa shape index (κ1) is 11.2. The maximum atomic E-state index is 8.68. The van der Waals surface area contributed by atoms with Gasteiger partial charge in [0, 0.05) is 5.02 Å². The van der Waals surface area contributed by atoms with Gasteiger partial charge in [-0.3, -0.25) is 0 Å². The summed E-state index contributed by atoms with van der Waals surface area (Å²) in [5.41, 5.74) is 7.98. The van der Waals surface area contributed by atoms with Crippen LogP contribution in [-0.2, 0) is 6.42 Å². The molecule has 0 aromatic heterocycles. The van der Waals surface area contributed by atoms with Crippen LogP contribution in [0.2, 0.25) is 5.02 Å². The standard InChI is InChI=1S/C13H13ClN2/c14-13-3-1-2-10-6-9(4-5-12(10)13)7-11(16)8-15/h1-5,9,11H,6-7,16H2. The monoisotopic (exact) mass is 232 g/mol. The van der Waals surface area contributed by atoms with Gasteiger partial charge >= 0.3 is 0 Å². The van der Waals surface area contributed by atoms with Gasteiger partial charge in [-0.25, -0.2) is 0 Å². The summed E-state index contributed by atoms with van der Waals surface area (Å²) in [6, 6.07) is 7.62. The number of allylic oxidation sites excluding steroid dienone is 1. The quantitative estimate of drug-likeness (QED) is 0.853. The predicted molar refractivity (Wildman–Crippen MR) is 65.9 cm³/mol. The van der Waals surface area contributed by atoms with Crippen LogP contribution < -0.4 is 5.73 Å². The van der Waals surface area contributed by atoms with E-state index in [9.17, 15) is 0 Å². The minimum absolute atomic E-state index is 0.348. The van der Waals surface area contributed by atoms with Gasteiger partial charge in [-0.2, -0.15) is 5.26 Å². The lowest BCUT2D eigenvalue weighted by Crippen LogP contribution is -2.22. The number of rotatable bonds is 2. The molecule has 0 bridgehead atoms. The van der Waals surface area contributed by atoms with E-state index in [1.807, 2.05) is 18.2 Å². The Morgan fingerprint density at radius 3 is 3.12 bits per heavy atom. The zero-order valence-corrected chi connectivity index (χ0v) is 9.61. The number of nitriles is 1. The zero-order valence-electron chi connectivity index (χ0n) is 8.86. The number of hydrogen-bond acceptors (Lipinski definition) is 2. The average molecular weight is 233 g/mol. The van der Waals surface area contributed by atoms with Crippen molar-refractivity contribution in [1.29, 1.82) is 5.26 Å². The number of hydrogen-bond donors (Lipinski definition) is 1. The van der Waals surface area contributed by atoms with Crippen LogP contribution in [0.5, 0.6) is 0 Å². The molecule has 0 aliphatic heterocycles. The van der Waals surface area contributed by atoms with Crippen molar-refractivity contribution >= 4 is 17.7 Å². The molecule has 1 aliphatic rings. The molecule has 0 amide bonds. The van der Waals surface area contributed by atoms with Crippen LogP contribution in [0.15, 0.2) is 24.3 Å². The Balaban J connectivity index is 2.17. The fourth-order valence-corrected chi connectivity index (χ4v) is 2.33. The summed E-state index contributed by atoms with van der Waals surface area (Å²) in [5, 5.41) is 9.47. The second-order valence-corrected chi connectivity index (χ2v) is 4.51. The molecular weight excluding hydrogens is 220 g/mol. The minimum Gasteiger partial charge on any atom is -0.316 e. The maximum absolute atomic E-state index is 8.68. The SMILES string of the molecule is N#CC(N)CC1C=Cc2c(Cl)cccc2C1. The first-order chi connectivity index (χ1) is 7.70. The molecule has 82 valence electrons. The van der Waals surface area contributed by atoms with Gasteiger partial charge in [0.1, 0.15) is 0 Å². The molecule has 3 heteroatoms. The Kier molecular flexibility index (Phi) is 3.28. The van der Waals surface area contributed by atoms with E-state index >= 15 is 0 Å². The smallest absolute Gasteiger partial charge is 0.0933 e. The second-order valence-electron chi connectivity index (χ2n) is 4.11. The summed E-state index contributed by atoms with van der Waals surface area (Å²) in [5.74, 6) is 0.348. The Bertz CT molecular complexity index is 459. The van der Waals surface area contributed by atoms with Crippen LogP contribution >= 0.6 is 11.6 Å². The Labute approximate surface area is 100 Å². The van der Waals surface area contributed by atoms with Crippen LogP contribution in [0.3, 0.4) is 0 Å². The molecule has 0 radical (unpaired) electrons. The summed E-state index contributed by atoms with van der Waals surface area (Å²) >= 11 is 6.09. The topological polar surface area (TPSA) is 49.8 Å². The third-order valence-corrected chi connectivity index (χ3v) is 3.21. The Morgan fingerprint density at radius 1 is 1.56 bits per heavy atom. The van der Waals surface area contributed by atoms with E-state index in [0.29, 0.717) is 12.3 Å². The lowest BCUT2D eigenvalue weighted by atomic mass is 9.86. The third-order valence-electron chi connectivity index (χ3n) is 2.88. The number of nitrogens with two attached hydrogens (primary N) is 1. The lowest BCUT2D eigenvalue weighted by molar-refractivity contribution is 0.551. The summed E-state index contributed by atoms with van der Waals surface area (Å²) in [6.07, 6.45) is 5.77. The van der Waals surface area contributed by atoms with Crippen LogP contribution in [0, 0.1) is 17.2 Å². The number of fused-ring (bicyclic) bond motifs is 1. The predicted octanol–water partition coefficient (Wildman–Crippen LogP) is 2.77. The van der Waals surface area contributed by atoms with E-state index < -0.39 is 0 Å². The van der Waals surface area contributed by atoms with Crippen molar-refractivity contribution in [3.05, 3.63) is 40.4 Å². The van der Waals surface area contributed by atoms with Gasteiger partial charge in [0.05, 0.1) is 12.1 Å². The van der Waals surface area contributed by atoms with Gasteiger partial charge in [0.2, 0.25) is 0 Å². The minimum atomic E-state index is -0.379. The molecule has 1 aromatic carbocycles. The van der Waals surface area contributed by atoms with E-state index in [1.54, 1.807) is 0 Å². The van der Waals surface area contributed by atoms with Gasteiger partial charge in [-0.15, -0.1) is 0 Å². The van der Waals surface area contributed by atoms with E-state index in [0.717, 1.165) is 17.0 Å². The molecule has 0 saturated carbocycles. The van der Waals surface area contributed by atoms with Crippen molar-refractivity contribution < 1.29 is 0 Å². The lowest BCUT2D eigenvalue weighted by Gasteiger charge is -2.20.